The molecule has 4 rings (SSSR count). The van der Waals surface area contributed by atoms with Crippen molar-refractivity contribution in [1.29, 1.82) is 0 Å². The smallest absolute Gasteiger partial charge is 0.0105 e. The zero-order chi connectivity index (χ0) is 20.8. The SMILES string of the molecule is CC1=CC(CCc2cccc(/C=C(\c3ccccc3)c3cccc(C)c3)c2)=CCC1. The quantitative estimate of drug-likeness (QED) is 0.372. The summed E-state index contributed by atoms with van der Waals surface area (Å²) in [5.41, 5.74) is 10.7. The number of aryl methyl sites for hydroxylation is 2. The lowest BCUT2D eigenvalue weighted by Gasteiger charge is -2.12. The largest absolute Gasteiger partial charge is 0.0810 e. The van der Waals surface area contributed by atoms with Crippen LogP contribution >= 0.6 is 0 Å². The third-order valence-corrected chi connectivity index (χ3v) is 5.76. The van der Waals surface area contributed by atoms with E-state index in [-0.39, 0.29) is 0 Å². The summed E-state index contributed by atoms with van der Waals surface area (Å²) in [7, 11) is 0. The van der Waals surface area contributed by atoms with Gasteiger partial charge in [0.25, 0.3) is 0 Å². The Balaban J connectivity index is 1.62. The highest BCUT2D eigenvalue weighted by Crippen LogP contribution is 2.27. The van der Waals surface area contributed by atoms with Crippen LogP contribution in [0.2, 0.25) is 0 Å². The first-order chi connectivity index (χ1) is 14.7. The first-order valence-corrected chi connectivity index (χ1v) is 11.0. The molecule has 0 radical (unpaired) electrons. The molecule has 0 saturated heterocycles. The second kappa shape index (κ2) is 9.59. The molecule has 1 aliphatic carbocycles. The van der Waals surface area contributed by atoms with Crippen LogP contribution < -0.4 is 0 Å². The minimum atomic E-state index is 1.09. The first kappa shape index (κ1) is 20.2. The predicted molar refractivity (Wildman–Crippen MR) is 130 cm³/mol. The van der Waals surface area contributed by atoms with E-state index in [0.717, 1.165) is 12.8 Å². The van der Waals surface area contributed by atoms with E-state index in [9.17, 15) is 0 Å². The summed E-state index contributed by atoms with van der Waals surface area (Å²) in [5, 5.41) is 0. The maximum absolute atomic E-state index is 2.40. The van der Waals surface area contributed by atoms with E-state index in [4.69, 9.17) is 0 Å². The van der Waals surface area contributed by atoms with E-state index in [1.807, 2.05) is 0 Å². The van der Waals surface area contributed by atoms with Crippen molar-refractivity contribution in [3.05, 3.63) is 130 Å². The van der Waals surface area contributed by atoms with Gasteiger partial charge in [-0.1, -0.05) is 108 Å². The van der Waals surface area contributed by atoms with Gasteiger partial charge in [0, 0.05) is 0 Å². The van der Waals surface area contributed by atoms with Crippen LogP contribution in [0.25, 0.3) is 11.6 Å². The van der Waals surface area contributed by atoms with Crippen molar-refractivity contribution in [2.24, 2.45) is 0 Å². The lowest BCUT2D eigenvalue weighted by atomic mass is 9.93. The lowest BCUT2D eigenvalue weighted by molar-refractivity contribution is 0.889. The number of allylic oxidation sites excluding steroid dienone is 4. The zero-order valence-corrected chi connectivity index (χ0v) is 18.1. The number of hydrogen-bond acceptors (Lipinski definition) is 0. The monoisotopic (exact) mass is 390 g/mol. The Morgan fingerprint density at radius 1 is 0.800 bits per heavy atom. The van der Waals surface area contributed by atoms with Gasteiger partial charge in [0.2, 0.25) is 0 Å². The Hall–Kier alpha value is -3.12. The molecule has 0 spiro atoms. The van der Waals surface area contributed by atoms with Crippen LogP contribution in [0.4, 0.5) is 0 Å². The minimum Gasteiger partial charge on any atom is -0.0810 e. The van der Waals surface area contributed by atoms with Gasteiger partial charge >= 0.3 is 0 Å². The third kappa shape index (κ3) is 5.27. The molecule has 150 valence electrons. The normalized spacial score (nSPS) is 14.3. The van der Waals surface area contributed by atoms with Crippen LogP contribution in [0.1, 0.15) is 54.0 Å². The standard InChI is InChI=1S/C30H30/c1-23-9-6-11-25(19-23)17-18-26-12-8-13-27(21-26)22-30(28-14-4-3-5-15-28)29-16-7-10-24(2)20-29/h3-5,7-8,10-16,19-22H,6,9,17-18H2,1-2H3/b30-22+. The molecule has 0 unspecified atom stereocenters. The van der Waals surface area contributed by atoms with Gasteiger partial charge in [-0.05, 0) is 73.4 Å². The first-order valence-electron chi connectivity index (χ1n) is 11.0. The molecule has 0 heteroatoms. The summed E-state index contributed by atoms with van der Waals surface area (Å²) < 4.78 is 0. The summed E-state index contributed by atoms with van der Waals surface area (Å²) in [6.45, 7) is 4.40. The Morgan fingerprint density at radius 2 is 1.60 bits per heavy atom. The molecular weight excluding hydrogens is 360 g/mol. The molecular formula is C30H30. The average Bonchev–Trinajstić information content (AvgIpc) is 2.77. The van der Waals surface area contributed by atoms with Gasteiger partial charge in [0.1, 0.15) is 0 Å². The molecule has 0 aromatic heterocycles. The van der Waals surface area contributed by atoms with Crippen molar-refractivity contribution in [2.75, 3.05) is 0 Å². The Kier molecular flexibility index (Phi) is 6.44. The molecule has 0 saturated carbocycles. The summed E-state index contributed by atoms with van der Waals surface area (Å²) in [5.74, 6) is 0. The van der Waals surface area contributed by atoms with E-state index < -0.39 is 0 Å². The number of rotatable bonds is 6. The second-order valence-corrected chi connectivity index (χ2v) is 8.35. The summed E-state index contributed by atoms with van der Waals surface area (Å²) in [6.07, 6.45) is 11.7. The molecule has 3 aromatic carbocycles. The van der Waals surface area contributed by atoms with Gasteiger partial charge < -0.3 is 0 Å². The zero-order valence-electron chi connectivity index (χ0n) is 18.1. The van der Waals surface area contributed by atoms with Gasteiger partial charge in [0.05, 0.1) is 0 Å². The molecule has 0 aliphatic heterocycles. The molecule has 0 amide bonds. The lowest BCUT2D eigenvalue weighted by Crippen LogP contribution is -1.94. The van der Waals surface area contributed by atoms with Crippen molar-refractivity contribution >= 4 is 11.6 Å². The van der Waals surface area contributed by atoms with Crippen LogP contribution in [0.3, 0.4) is 0 Å². The Bertz CT molecular complexity index is 1090. The molecule has 0 fully saturated rings. The topological polar surface area (TPSA) is 0 Å². The van der Waals surface area contributed by atoms with Gasteiger partial charge in [-0.15, -0.1) is 0 Å². The molecule has 3 aromatic rings. The van der Waals surface area contributed by atoms with E-state index in [1.54, 1.807) is 0 Å². The molecule has 1 aliphatic rings. The highest BCUT2D eigenvalue weighted by atomic mass is 14.1. The van der Waals surface area contributed by atoms with Gasteiger partial charge in [-0.2, -0.15) is 0 Å². The fraction of sp³-hybridized carbons (Fsp3) is 0.200. The van der Waals surface area contributed by atoms with Crippen LogP contribution in [0.15, 0.2) is 102 Å². The van der Waals surface area contributed by atoms with Gasteiger partial charge in [0.15, 0.2) is 0 Å². The van der Waals surface area contributed by atoms with E-state index in [0.29, 0.717) is 0 Å². The fourth-order valence-corrected chi connectivity index (χ4v) is 4.16. The maximum atomic E-state index is 2.40. The van der Waals surface area contributed by atoms with Crippen molar-refractivity contribution in [1.82, 2.24) is 0 Å². The fourth-order valence-electron chi connectivity index (χ4n) is 4.16. The second-order valence-electron chi connectivity index (χ2n) is 8.35. The summed E-state index contributed by atoms with van der Waals surface area (Å²) >= 11 is 0. The molecule has 30 heavy (non-hydrogen) atoms. The van der Waals surface area contributed by atoms with Crippen molar-refractivity contribution in [3.8, 4) is 0 Å². The summed E-state index contributed by atoms with van der Waals surface area (Å²) in [4.78, 5) is 0. The predicted octanol–water partition coefficient (Wildman–Crippen LogP) is 8.18. The van der Waals surface area contributed by atoms with Crippen molar-refractivity contribution < 1.29 is 0 Å². The van der Waals surface area contributed by atoms with Crippen LogP contribution in [0.5, 0.6) is 0 Å². The number of hydrogen-bond donors (Lipinski definition) is 0. The molecule has 0 nitrogen and oxygen atoms in total. The average molecular weight is 391 g/mol. The molecule has 0 N–H and O–H groups in total. The van der Waals surface area contributed by atoms with Crippen molar-refractivity contribution in [2.45, 2.75) is 39.5 Å². The van der Waals surface area contributed by atoms with Gasteiger partial charge in [-0.3, -0.25) is 0 Å². The van der Waals surface area contributed by atoms with Crippen LogP contribution in [-0.4, -0.2) is 0 Å². The Morgan fingerprint density at radius 3 is 2.40 bits per heavy atom. The van der Waals surface area contributed by atoms with Gasteiger partial charge in [-0.25, -0.2) is 0 Å². The highest BCUT2D eigenvalue weighted by molar-refractivity contribution is 5.91. The van der Waals surface area contributed by atoms with E-state index >= 15 is 0 Å². The maximum Gasteiger partial charge on any atom is -0.0105 e. The third-order valence-electron chi connectivity index (χ3n) is 5.76. The van der Waals surface area contributed by atoms with E-state index in [1.165, 1.54) is 57.4 Å². The highest BCUT2D eigenvalue weighted by Gasteiger charge is 2.07. The molecule has 0 heterocycles. The van der Waals surface area contributed by atoms with Crippen LogP contribution in [0, 0.1) is 6.92 Å². The molecule has 0 atom stereocenters. The van der Waals surface area contributed by atoms with Crippen LogP contribution in [-0.2, 0) is 6.42 Å². The Labute approximate surface area is 181 Å². The summed E-state index contributed by atoms with van der Waals surface area (Å²) in [6, 6.07) is 28.5. The number of benzene rings is 3. The van der Waals surface area contributed by atoms with Crippen molar-refractivity contribution in [3.63, 3.8) is 0 Å². The van der Waals surface area contributed by atoms with E-state index in [2.05, 4.69) is 111 Å². The minimum absolute atomic E-state index is 1.09. The molecule has 0 bridgehead atoms.